The molecule has 0 spiro atoms. The molecule has 2 fully saturated rings. The summed E-state index contributed by atoms with van der Waals surface area (Å²) in [7, 11) is 0. The third kappa shape index (κ3) is 1.99. The smallest absolute Gasteiger partial charge is 0.120 e. The van der Waals surface area contributed by atoms with E-state index in [0.29, 0.717) is 17.4 Å². The summed E-state index contributed by atoms with van der Waals surface area (Å²) in [6.45, 7) is 10.3. The lowest BCUT2D eigenvalue weighted by Crippen LogP contribution is -2.51. The van der Waals surface area contributed by atoms with Crippen LogP contribution in [0.15, 0.2) is 35.6 Å². The molecule has 0 aromatic carbocycles. The summed E-state index contributed by atoms with van der Waals surface area (Å²) in [5.74, 6) is 7.48. The maximum absolute atomic E-state index is 10.3. The highest BCUT2D eigenvalue weighted by Gasteiger charge is 2.55. The molecule has 2 N–H and O–H groups in total. The molecule has 3 aliphatic carbocycles. The molecule has 22 heavy (non-hydrogen) atoms. The first-order chi connectivity index (χ1) is 10.3. The van der Waals surface area contributed by atoms with Gasteiger partial charge >= 0.3 is 0 Å². The van der Waals surface area contributed by atoms with Crippen LogP contribution in [0.5, 0.6) is 0 Å². The molecule has 2 saturated carbocycles. The Morgan fingerprint density at radius 1 is 1.32 bits per heavy atom. The van der Waals surface area contributed by atoms with Crippen LogP contribution in [0.25, 0.3) is 0 Å². The van der Waals surface area contributed by atoms with Crippen LogP contribution in [0.2, 0.25) is 0 Å². The summed E-state index contributed by atoms with van der Waals surface area (Å²) in [4.78, 5) is 0. The number of fused-ring (bicyclic) bond motifs is 3. The van der Waals surface area contributed by atoms with E-state index >= 15 is 0 Å². The molecule has 5 unspecified atom stereocenters. The maximum atomic E-state index is 10.3. The molecule has 0 saturated heterocycles. The number of aliphatic hydroxyl groups is 2. The van der Waals surface area contributed by atoms with Crippen molar-refractivity contribution in [3.8, 4) is 11.8 Å². The normalized spacial score (nSPS) is 44.0. The van der Waals surface area contributed by atoms with Crippen LogP contribution in [0.3, 0.4) is 0 Å². The summed E-state index contributed by atoms with van der Waals surface area (Å²) < 4.78 is 0. The lowest BCUT2D eigenvalue weighted by Gasteiger charge is -2.57. The van der Waals surface area contributed by atoms with Gasteiger partial charge < -0.3 is 10.2 Å². The molecule has 3 rings (SSSR count). The van der Waals surface area contributed by atoms with Gasteiger partial charge in [-0.05, 0) is 61.5 Å². The predicted octanol–water partition coefficient (Wildman–Crippen LogP) is 4.14. The Bertz CT molecular complexity index is 630. The Morgan fingerprint density at radius 2 is 2.05 bits per heavy atom. The molecule has 118 valence electrons. The molecule has 0 aromatic heterocycles. The average molecular weight is 298 g/mol. The van der Waals surface area contributed by atoms with Gasteiger partial charge in [-0.2, -0.15) is 0 Å². The van der Waals surface area contributed by atoms with E-state index in [1.165, 1.54) is 5.57 Å². The first-order valence-electron chi connectivity index (χ1n) is 8.30. The highest BCUT2D eigenvalue weighted by molar-refractivity contribution is 5.53. The van der Waals surface area contributed by atoms with Crippen LogP contribution >= 0.6 is 0 Å². The fourth-order valence-corrected chi connectivity index (χ4v) is 5.09. The zero-order valence-electron chi connectivity index (χ0n) is 13.8. The Morgan fingerprint density at radius 3 is 2.73 bits per heavy atom. The van der Waals surface area contributed by atoms with E-state index in [4.69, 9.17) is 0 Å². The fraction of sp³-hybridized carbons (Fsp3) is 0.600. The van der Waals surface area contributed by atoms with Gasteiger partial charge in [-0.1, -0.05) is 32.4 Å². The molecule has 5 atom stereocenters. The molecule has 2 heteroatoms. The monoisotopic (exact) mass is 298 g/mol. The van der Waals surface area contributed by atoms with Gasteiger partial charge in [-0.25, -0.2) is 0 Å². The fourth-order valence-electron chi connectivity index (χ4n) is 5.09. The van der Waals surface area contributed by atoms with Gasteiger partial charge in [0, 0.05) is 5.57 Å². The number of allylic oxidation sites excluding steroid dienone is 3. The van der Waals surface area contributed by atoms with Crippen LogP contribution in [0, 0.1) is 34.5 Å². The molecule has 2 nitrogen and oxygen atoms in total. The van der Waals surface area contributed by atoms with Gasteiger partial charge in [0.05, 0.1) is 11.5 Å². The second-order valence-electron chi connectivity index (χ2n) is 7.49. The molecular weight excluding hydrogens is 272 g/mol. The number of aliphatic hydroxyl groups excluding tert-OH is 2. The Balaban J connectivity index is 2.13. The van der Waals surface area contributed by atoms with Gasteiger partial charge in [0.25, 0.3) is 0 Å². The minimum Gasteiger partial charge on any atom is -0.508 e. The Kier molecular flexibility index (Phi) is 3.53. The molecule has 0 radical (unpaired) electrons. The Hall–Kier alpha value is -1.46. The molecule has 0 amide bonds. The first-order valence-corrected chi connectivity index (χ1v) is 8.30. The van der Waals surface area contributed by atoms with Crippen molar-refractivity contribution < 1.29 is 10.2 Å². The summed E-state index contributed by atoms with van der Waals surface area (Å²) >= 11 is 0. The number of hydrogen-bond donors (Lipinski definition) is 2. The van der Waals surface area contributed by atoms with E-state index in [-0.39, 0.29) is 22.7 Å². The van der Waals surface area contributed by atoms with Gasteiger partial charge in [-0.15, -0.1) is 5.92 Å². The third-order valence-corrected chi connectivity index (χ3v) is 6.34. The van der Waals surface area contributed by atoms with Crippen LogP contribution in [0.1, 0.15) is 46.5 Å². The minimum absolute atomic E-state index is 0.0287. The van der Waals surface area contributed by atoms with E-state index in [0.717, 1.165) is 25.7 Å². The van der Waals surface area contributed by atoms with Gasteiger partial charge in [0.1, 0.15) is 5.76 Å². The molecule has 3 aliphatic rings. The maximum Gasteiger partial charge on any atom is 0.120 e. The highest BCUT2D eigenvalue weighted by atomic mass is 16.3. The second-order valence-corrected chi connectivity index (χ2v) is 7.49. The molecule has 0 aromatic rings. The minimum atomic E-state index is -0.354. The van der Waals surface area contributed by atoms with E-state index in [1.54, 1.807) is 0 Å². The van der Waals surface area contributed by atoms with Crippen LogP contribution < -0.4 is 0 Å². The standard InChI is InChI=1S/C20H26O2/c1-5-8-20-10-6-15-14(3)16(21)7-9-19(15,4)18(20)11-13(2)17(22)12-20/h11-12,14-16,21-22H,2,6-7,9-10H2,1,3-4H3. The van der Waals surface area contributed by atoms with Crippen molar-refractivity contribution in [2.45, 2.75) is 52.6 Å². The van der Waals surface area contributed by atoms with Gasteiger partial charge in [0.2, 0.25) is 0 Å². The molecule has 0 aliphatic heterocycles. The van der Waals surface area contributed by atoms with Crippen molar-refractivity contribution >= 4 is 0 Å². The Labute approximate surface area is 133 Å². The summed E-state index contributed by atoms with van der Waals surface area (Å²) in [6.07, 6.45) is 7.55. The zero-order chi connectivity index (χ0) is 16.1. The second kappa shape index (κ2) is 5.03. The lowest BCUT2D eigenvalue weighted by molar-refractivity contribution is -0.0406. The van der Waals surface area contributed by atoms with Crippen LogP contribution in [0.4, 0.5) is 0 Å². The first kappa shape index (κ1) is 15.4. The van der Waals surface area contributed by atoms with E-state index in [2.05, 4.69) is 38.3 Å². The topological polar surface area (TPSA) is 40.5 Å². The summed E-state index contributed by atoms with van der Waals surface area (Å²) in [5.41, 5.74) is 1.66. The van der Waals surface area contributed by atoms with Crippen molar-refractivity contribution in [2.75, 3.05) is 0 Å². The van der Waals surface area contributed by atoms with Gasteiger partial charge in [-0.3, -0.25) is 0 Å². The van der Waals surface area contributed by atoms with E-state index < -0.39 is 0 Å². The predicted molar refractivity (Wildman–Crippen MR) is 89.1 cm³/mol. The highest BCUT2D eigenvalue weighted by Crippen LogP contribution is 2.62. The van der Waals surface area contributed by atoms with Crippen molar-refractivity contribution in [1.82, 2.24) is 0 Å². The zero-order valence-corrected chi connectivity index (χ0v) is 13.8. The van der Waals surface area contributed by atoms with Crippen molar-refractivity contribution in [3.63, 3.8) is 0 Å². The quantitative estimate of drug-likeness (QED) is 0.660. The number of hydrogen-bond acceptors (Lipinski definition) is 2. The summed E-state index contributed by atoms with van der Waals surface area (Å²) in [5, 5.41) is 20.5. The SMILES string of the molecule is C=C1C=C2C(C#CC)(C=C1O)CCC1C(C)C(O)CCC21C. The van der Waals surface area contributed by atoms with Crippen LogP contribution in [-0.2, 0) is 0 Å². The van der Waals surface area contributed by atoms with Crippen LogP contribution in [-0.4, -0.2) is 16.3 Å². The molecule has 0 bridgehead atoms. The van der Waals surface area contributed by atoms with Crippen molar-refractivity contribution in [3.05, 3.63) is 35.6 Å². The molecular formula is C20H26O2. The molecule has 0 heterocycles. The van der Waals surface area contributed by atoms with Crippen molar-refractivity contribution in [1.29, 1.82) is 0 Å². The van der Waals surface area contributed by atoms with E-state index in [9.17, 15) is 10.2 Å². The number of rotatable bonds is 0. The third-order valence-electron chi connectivity index (χ3n) is 6.34. The van der Waals surface area contributed by atoms with E-state index in [1.807, 2.05) is 13.0 Å². The lowest BCUT2D eigenvalue weighted by atomic mass is 9.47. The summed E-state index contributed by atoms with van der Waals surface area (Å²) in [6, 6.07) is 0. The van der Waals surface area contributed by atoms with Gasteiger partial charge in [0.15, 0.2) is 0 Å². The largest absolute Gasteiger partial charge is 0.508 e. The van der Waals surface area contributed by atoms with Crippen molar-refractivity contribution in [2.24, 2.45) is 22.7 Å². The average Bonchev–Trinajstić information content (AvgIpc) is 2.46.